The zero-order chi connectivity index (χ0) is 24.1. The lowest BCUT2D eigenvalue weighted by Crippen LogP contribution is -2.54. The van der Waals surface area contributed by atoms with Crippen molar-refractivity contribution in [1.29, 1.82) is 0 Å². The Labute approximate surface area is 182 Å². The second-order valence-electron chi connectivity index (χ2n) is 8.14. The van der Waals surface area contributed by atoms with Crippen LogP contribution in [0, 0.1) is 23.3 Å². The van der Waals surface area contributed by atoms with Gasteiger partial charge >= 0.3 is 5.97 Å². The highest BCUT2D eigenvalue weighted by atomic mass is 19.2. The number of aliphatic hydroxyl groups is 1. The minimum Gasteiger partial charge on any atom is -0.485 e. The van der Waals surface area contributed by atoms with Crippen molar-refractivity contribution in [3.63, 3.8) is 0 Å². The minimum absolute atomic E-state index is 0.0116. The van der Waals surface area contributed by atoms with Crippen molar-refractivity contribution >= 4 is 11.9 Å². The van der Waals surface area contributed by atoms with Crippen LogP contribution in [0.1, 0.15) is 27.2 Å². The third-order valence-corrected chi connectivity index (χ3v) is 4.29. The average Bonchev–Trinajstić information content (AvgIpc) is 2.70. The molecule has 32 heavy (non-hydrogen) atoms. The highest BCUT2D eigenvalue weighted by molar-refractivity contribution is 5.82. The largest absolute Gasteiger partial charge is 0.485 e. The summed E-state index contributed by atoms with van der Waals surface area (Å²) < 4.78 is 69.5. The zero-order valence-electron chi connectivity index (χ0n) is 17.8. The molecule has 2 unspecified atom stereocenters. The van der Waals surface area contributed by atoms with Gasteiger partial charge in [0.2, 0.25) is 11.6 Å². The number of carbonyl (C=O) groups excluding carboxylic acids is 2. The van der Waals surface area contributed by atoms with Gasteiger partial charge in [0.1, 0.15) is 24.4 Å². The smallest absolute Gasteiger partial charge is 0.308 e. The number of nitrogens with one attached hydrogen (secondary N) is 2. The summed E-state index contributed by atoms with van der Waals surface area (Å²) in [7, 11) is 0. The maximum atomic E-state index is 13.8. The molecule has 0 saturated carbocycles. The van der Waals surface area contributed by atoms with Crippen LogP contribution in [-0.4, -0.2) is 67.1 Å². The van der Waals surface area contributed by atoms with E-state index >= 15 is 0 Å². The molecule has 8 nitrogen and oxygen atoms in total. The first-order valence-corrected chi connectivity index (χ1v) is 9.87. The van der Waals surface area contributed by atoms with Crippen LogP contribution in [0.4, 0.5) is 17.6 Å². The predicted molar refractivity (Wildman–Crippen MR) is 103 cm³/mol. The van der Waals surface area contributed by atoms with E-state index in [1.54, 1.807) is 20.8 Å². The SMILES string of the molecule is CC(C)(C)OC(=O)C[C@H](NC(=O)C1CNCCO1)C(O)COc1c(F)c(F)cc(F)c1F. The molecule has 12 heteroatoms. The molecule has 0 aliphatic carbocycles. The number of aliphatic hydroxyl groups excluding tert-OH is 1. The number of morpholine rings is 1. The van der Waals surface area contributed by atoms with Crippen molar-refractivity contribution in [1.82, 2.24) is 10.6 Å². The average molecular weight is 466 g/mol. The van der Waals surface area contributed by atoms with Gasteiger partial charge in [-0.25, -0.2) is 8.78 Å². The number of hydrogen-bond acceptors (Lipinski definition) is 7. The number of rotatable bonds is 8. The maximum Gasteiger partial charge on any atom is 0.308 e. The fraction of sp³-hybridized carbons (Fsp3) is 0.600. The maximum absolute atomic E-state index is 13.8. The van der Waals surface area contributed by atoms with Gasteiger partial charge in [-0.1, -0.05) is 0 Å². The molecular formula is C20H26F4N2O6. The van der Waals surface area contributed by atoms with Gasteiger partial charge in [0, 0.05) is 19.2 Å². The number of hydrogen-bond donors (Lipinski definition) is 3. The minimum atomic E-state index is -1.79. The van der Waals surface area contributed by atoms with E-state index in [4.69, 9.17) is 14.2 Å². The number of amides is 1. The monoisotopic (exact) mass is 466 g/mol. The number of esters is 1. The summed E-state index contributed by atoms with van der Waals surface area (Å²) in [5, 5.41) is 15.8. The summed E-state index contributed by atoms with van der Waals surface area (Å²) >= 11 is 0. The van der Waals surface area contributed by atoms with Crippen LogP contribution in [0.2, 0.25) is 0 Å². The van der Waals surface area contributed by atoms with Crippen LogP contribution in [-0.2, 0) is 19.1 Å². The molecule has 2 rings (SSSR count). The summed E-state index contributed by atoms with van der Waals surface area (Å²) in [5.41, 5.74) is -0.852. The van der Waals surface area contributed by atoms with E-state index in [0.717, 1.165) is 0 Å². The standard InChI is InChI=1S/C20H26F4N2O6/c1-20(2,3)32-15(28)7-12(26-19(29)14-8-25-4-5-30-14)13(27)9-31-18-16(23)10(21)6-11(22)17(18)24/h6,12-14,25,27H,4-5,7-9H2,1-3H3,(H,26,29)/t12-,13?,14?/m0/s1. The first kappa shape index (κ1) is 25.8. The molecule has 1 aromatic carbocycles. The van der Waals surface area contributed by atoms with Gasteiger partial charge in [-0.3, -0.25) is 9.59 Å². The second kappa shape index (κ2) is 10.9. The third kappa shape index (κ3) is 7.31. The topological polar surface area (TPSA) is 106 Å². The Hall–Kier alpha value is -2.44. The Morgan fingerprint density at radius 3 is 2.41 bits per heavy atom. The van der Waals surface area contributed by atoms with E-state index in [1.807, 2.05) is 0 Å². The summed E-state index contributed by atoms with van der Waals surface area (Å²) in [6, 6.07) is -1.30. The Bertz CT molecular complexity index is 801. The molecule has 1 amide bonds. The molecule has 1 aliphatic rings. The van der Waals surface area contributed by atoms with Crippen molar-refractivity contribution in [2.75, 3.05) is 26.3 Å². The highest BCUT2D eigenvalue weighted by Gasteiger charge is 2.32. The number of carbonyl (C=O) groups is 2. The molecule has 3 N–H and O–H groups in total. The second-order valence-corrected chi connectivity index (χ2v) is 8.14. The van der Waals surface area contributed by atoms with E-state index in [-0.39, 0.29) is 19.2 Å². The van der Waals surface area contributed by atoms with Crippen molar-refractivity contribution < 1.29 is 46.5 Å². The number of ether oxygens (including phenoxy) is 3. The number of halogens is 4. The molecule has 0 aromatic heterocycles. The van der Waals surface area contributed by atoms with Crippen LogP contribution in [0.15, 0.2) is 6.07 Å². The molecule has 1 fully saturated rings. The lowest BCUT2D eigenvalue weighted by molar-refractivity contribution is -0.156. The van der Waals surface area contributed by atoms with Gasteiger partial charge in [-0.05, 0) is 20.8 Å². The fourth-order valence-corrected chi connectivity index (χ4v) is 2.82. The van der Waals surface area contributed by atoms with E-state index in [0.29, 0.717) is 6.54 Å². The lowest BCUT2D eigenvalue weighted by Gasteiger charge is -2.29. The van der Waals surface area contributed by atoms with E-state index < -0.39 is 77.8 Å². The molecule has 0 bridgehead atoms. The molecule has 1 heterocycles. The van der Waals surface area contributed by atoms with E-state index in [9.17, 15) is 32.3 Å². The number of benzene rings is 1. The predicted octanol–water partition coefficient (Wildman–Crippen LogP) is 1.19. The van der Waals surface area contributed by atoms with Crippen molar-refractivity contribution in [3.8, 4) is 5.75 Å². The first-order valence-electron chi connectivity index (χ1n) is 9.87. The fourth-order valence-electron chi connectivity index (χ4n) is 2.82. The Morgan fingerprint density at radius 2 is 1.88 bits per heavy atom. The molecule has 3 atom stereocenters. The van der Waals surface area contributed by atoms with Gasteiger partial charge in [0.15, 0.2) is 17.4 Å². The third-order valence-electron chi connectivity index (χ3n) is 4.29. The van der Waals surface area contributed by atoms with Gasteiger partial charge in [-0.15, -0.1) is 0 Å². The van der Waals surface area contributed by atoms with Gasteiger partial charge in [0.05, 0.1) is 19.1 Å². The van der Waals surface area contributed by atoms with E-state index in [2.05, 4.69) is 10.6 Å². The molecule has 1 aromatic rings. The van der Waals surface area contributed by atoms with Crippen molar-refractivity contribution in [2.24, 2.45) is 0 Å². The van der Waals surface area contributed by atoms with Crippen LogP contribution in [0.5, 0.6) is 5.75 Å². The Kier molecular flexibility index (Phi) is 8.81. The summed E-state index contributed by atoms with van der Waals surface area (Å²) in [5.74, 6) is -9.75. The lowest BCUT2D eigenvalue weighted by atomic mass is 10.1. The molecular weight excluding hydrogens is 440 g/mol. The summed E-state index contributed by atoms with van der Waals surface area (Å²) in [4.78, 5) is 24.7. The van der Waals surface area contributed by atoms with Gasteiger partial charge < -0.3 is 30.0 Å². The van der Waals surface area contributed by atoms with E-state index in [1.165, 1.54) is 0 Å². The molecule has 0 radical (unpaired) electrons. The first-order chi connectivity index (χ1) is 14.9. The van der Waals surface area contributed by atoms with Crippen molar-refractivity contribution in [3.05, 3.63) is 29.3 Å². The van der Waals surface area contributed by atoms with Gasteiger partial charge in [-0.2, -0.15) is 8.78 Å². The normalized spacial score (nSPS) is 18.6. The van der Waals surface area contributed by atoms with Crippen molar-refractivity contribution in [2.45, 2.75) is 51.0 Å². The molecule has 1 aliphatic heterocycles. The van der Waals surface area contributed by atoms with Crippen LogP contribution >= 0.6 is 0 Å². The highest BCUT2D eigenvalue weighted by Crippen LogP contribution is 2.26. The van der Waals surface area contributed by atoms with Crippen LogP contribution < -0.4 is 15.4 Å². The van der Waals surface area contributed by atoms with Crippen LogP contribution in [0.3, 0.4) is 0 Å². The molecule has 180 valence electrons. The summed E-state index contributed by atoms with van der Waals surface area (Å²) in [6.07, 6.45) is -3.12. The Balaban J connectivity index is 2.13. The molecule has 1 saturated heterocycles. The quantitative estimate of drug-likeness (QED) is 0.300. The zero-order valence-corrected chi connectivity index (χ0v) is 17.8. The molecule has 0 spiro atoms. The summed E-state index contributed by atoms with van der Waals surface area (Å²) in [6.45, 7) is 4.95. The Morgan fingerprint density at radius 1 is 1.25 bits per heavy atom. The van der Waals surface area contributed by atoms with Gasteiger partial charge in [0.25, 0.3) is 5.91 Å². The van der Waals surface area contributed by atoms with Crippen LogP contribution in [0.25, 0.3) is 0 Å².